The quantitative estimate of drug-likeness (QED) is 0.501. The number of hydrogen-bond donors (Lipinski definition) is 0. The Labute approximate surface area is 192 Å². The third kappa shape index (κ3) is 4.42. The molecule has 3 aliphatic heterocycles. The summed E-state index contributed by atoms with van der Waals surface area (Å²) >= 11 is 6.02. The van der Waals surface area contributed by atoms with Gasteiger partial charge in [0.2, 0.25) is 0 Å². The molecule has 2 saturated heterocycles. The topological polar surface area (TPSA) is 79.9 Å². The van der Waals surface area contributed by atoms with E-state index < -0.39 is 10.5 Å². The molecular formula is C22H29ClN6O3. The lowest BCUT2D eigenvalue weighted by Crippen LogP contribution is -2.55. The highest BCUT2D eigenvalue weighted by molar-refractivity contribution is 6.30. The number of fused-ring (bicyclic) bond motifs is 1. The highest BCUT2D eigenvalue weighted by atomic mass is 35.5. The number of halogens is 1. The van der Waals surface area contributed by atoms with Crippen molar-refractivity contribution in [1.29, 1.82) is 0 Å². The van der Waals surface area contributed by atoms with Crippen molar-refractivity contribution >= 4 is 23.1 Å². The van der Waals surface area contributed by atoms with E-state index in [0.29, 0.717) is 18.6 Å². The average molecular weight is 461 g/mol. The fourth-order valence-corrected chi connectivity index (χ4v) is 5.40. The number of ether oxygens (including phenoxy) is 1. The van der Waals surface area contributed by atoms with Gasteiger partial charge in [0.1, 0.15) is 11.8 Å². The van der Waals surface area contributed by atoms with Gasteiger partial charge in [0.05, 0.1) is 6.54 Å². The van der Waals surface area contributed by atoms with Gasteiger partial charge in [-0.15, -0.1) is 0 Å². The number of piperidine rings is 1. The highest BCUT2D eigenvalue weighted by Crippen LogP contribution is 2.32. The van der Waals surface area contributed by atoms with Crippen molar-refractivity contribution in [3.8, 4) is 6.01 Å². The summed E-state index contributed by atoms with van der Waals surface area (Å²) < 4.78 is 7.77. The van der Waals surface area contributed by atoms with Gasteiger partial charge in [0.15, 0.2) is 0 Å². The zero-order chi connectivity index (χ0) is 22.3. The Bertz CT molecular complexity index is 941. The zero-order valence-electron chi connectivity index (χ0n) is 18.3. The fourth-order valence-electron chi connectivity index (χ4n) is 5.28. The third-order valence-corrected chi connectivity index (χ3v) is 7.15. The standard InChI is InChI=1S/C22H29ClN6O3/c1-22(16-28-14-20(29(30)31)24-21(28)32-22)15-25-8-6-19(7-9-25)27-12-10-26(11-13-27)18-4-2-17(23)3-5-18/h2-5,14,19H,6-13,15-16H2,1H3. The smallest absolute Gasteiger partial charge is 0.415 e. The van der Waals surface area contributed by atoms with E-state index in [2.05, 4.69) is 38.7 Å². The Morgan fingerprint density at radius 3 is 2.47 bits per heavy atom. The lowest BCUT2D eigenvalue weighted by atomic mass is 9.99. The second-order valence-corrected chi connectivity index (χ2v) is 9.76. The summed E-state index contributed by atoms with van der Waals surface area (Å²) in [4.78, 5) is 22.0. The molecular weight excluding hydrogens is 432 g/mol. The maximum Gasteiger partial charge on any atom is 0.415 e. The van der Waals surface area contributed by atoms with Crippen LogP contribution in [0.3, 0.4) is 0 Å². The minimum absolute atomic E-state index is 0.154. The van der Waals surface area contributed by atoms with Crippen LogP contribution in [0.2, 0.25) is 5.02 Å². The van der Waals surface area contributed by atoms with Gasteiger partial charge in [0.25, 0.3) is 0 Å². The number of piperazine rings is 1. The first-order valence-electron chi connectivity index (χ1n) is 11.3. The first-order valence-corrected chi connectivity index (χ1v) is 11.6. The largest absolute Gasteiger partial charge is 0.436 e. The second kappa shape index (κ2) is 8.53. The Balaban J connectivity index is 1.08. The van der Waals surface area contributed by atoms with Crippen molar-refractivity contribution in [2.24, 2.45) is 0 Å². The molecule has 10 heteroatoms. The van der Waals surface area contributed by atoms with Crippen LogP contribution in [0.4, 0.5) is 11.5 Å². The van der Waals surface area contributed by atoms with Crippen molar-refractivity contribution in [3.05, 3.63) is 45.6 Å². The number of nitrogens with zero attached hydrogens (tertiary/aromatic N) is 6. The van der Waals surface area contributed by atoms with Crippen LogP contribution in [0.1, 0.15) is 19.8 Å². The van der Waals surface area contributed by atoms with E-state index in [1.54, 1.807) is 4.57 Å². The lowest BCUT2D eigenvalue weighted by Gasteiger charge is -2.44. The van der Waals surface area contributed by atoms with Crippen molar-refractivity contribution < 1.29 is 9.66 Å². The number of hydrogen-bond acceptors (Lipinski definition) is 7. The van der Waals surface area contributed by atoms with Crippen molar-refractivity contribution in [2.75, 3.05) is 50.7 Å². The summed E-state index contributed by atoms with van der Waals surface area (Å²) in [5.74, 6) is -0.154. The van der Waals surface area contributed by atoms with E-state index >= 15 is 0 Å². The van der Waals surface area contributed by atoms with E-state index in [1.165, 1.54) is 11.9 Å². The van der Waals surface area contributed by atoms with Crippen LogP contribution in [0.15, 0.2) is 30.5 Å². The molecule has 0 spiro atoms. The molecule has 32 heavy (non-hydrogen) atoms. The van der Waals surface area contributed by atoms with Gasteiger partial charge >= 0.3 is 11.8 Å². The van der Waals surface area contributed by atoms with Crippen LogP contribution in [0.25, 0.3) is 0 Å². The molecule has 1 unspecified atom stereocenters. The molecule has 0 saturated carbocycles. The number of rotatable bonds is 5. The molecule has 0 N–H and O–H groups in total. The second-order valence-electron chi connectivity index (χ2n) is 9.33. The lowest BCUT2D eigenvalue weighted by molar-refractivity contribution is -0.389. The van der Waals surface area contributed by atoms with E-state index in [4.69, 9.17) is 16.3 Å². The third-order valence-electron chi connectivity index (χ3n) is 6.89. The van der Waals surface area contributed by atoms with Crippen LogP contribution < -0.4 is 9.64 Å². The van der Waals surface area contributed by atoms with Crippen LogP contribution in [0, 0.1) is 10.1 Å². The van der Waals surface area contributed by atoms with E-state index in [9.17, 15) is 10.1 Å². The van der Waals surface area contributed by atoms with Crippen molar-refractivity contribution in [2.45, 2.75) is 38.0 Å². The van der Waals surface area contributed by atoms with Crippen LogP contribution in [0.5, 0.6) is 6.01 Å². The zero-order valence-corrected chi connectivity index (χ0v) is 19.1. The van der Waals surface area contributed by atoms with Crippen molar-refractivity contribution in [3.63, 3.8) is 0 Å². The molecule has 0 amide bonds. The first-order chi connectivity index (χ1) is 15.4. The minimum atomic E-state index is -0.480. The van der Waals surface area contributed by atoms with E-state index in [0.717, 1.165) is 63.7 Å². The molecule has 0 aliphatic carbocycles. The summed E-state index contributed by atoms with van der Waals surface area (Å²) in [5.41, 5.74) is 0.855. The fraction of sp³-hybridized carbons (Fsp3) is 0.591. The highest BCUT2D eigenvalue weighted by Gasteiger charge is 2.42. The molecule has 0 bridgehead atoms. The minimum Gasteiger partial charge on any atom is -0.436 e. The van der Waals surface area contributed by atoms with Gasteiger partial charge in [-0.25, -0.2) is 0 Å². The van der Waals surface area contributed by atoms with Crippen LogP contribution >= 0.6 is 11.6 Å². The number of benzene rings is 1. The van der Waals surface area contributed by atoms with Gasteiger partial charge in [0, 0.05) is 54.5 Å². The molecule has 1 atom stereocenters. The van der Waals surface area contributed by atoms with E-state index in [-0.39, 0.29) is 5.82 Å². The summed E-state index contributed by atoms with van der Waals surface area (Å²) in [6.45, 7) is 9.83. The molecule has 3 aliphatic rings. The monoisotopic (exact) mass is 460 g/mol. The summed E-state index contributed by atoms with van der Waals surface area (Å²) in [7, 11) is 0. The maximum absolute atomic E-state index is 10.9. The normalized spacial score (nSPS) is 25.0. The van der Waals surface area contributed by atoms with E-state index in [1.807, 2.05) is 12.1 Å². The van der Waals surface area contributed by atoms with Gasteiger partial charge in [-0.1, -0.05) is 11.6 Å². The predicted molar refractivity (Wildman–Crippen MR) is 123 cm³/mol. The predicted octanol–water partition coefficient (Wildman–Crippen LogP) is 2.88. The van der Waals surface area contributed by atoms with Crippen LogP contribution in [-0.2, 0) is 6.54 Å². The summed E-state index contributed by atoms with van der Waals surface area (Å²) in [5, 5.41) is 11.7. The number of imidazole rings is 1. The number of anilines is 1. The Morgan fingerprint density at radius 2 is 1.84 bits per heavy atom. The molecule has 2 aromatic rings. The maximum atomic E-state index is 10.9. The SMILES string of the molecule is CC1(CN2CCC(N3CCN(c4ccc(Cl)cc4)CC3)CC2)Cn2cc([N+](=O)[O-])nc2O1. The molecule has 4 heterocycles. The van der Waals surface area contributed by atoms with Crippen molar-refractivity contribution in [1.82, 2.24) is 19.4 Å². The van der Waals surface area contributed by atoms with Crippen LogP contribution in [-0.4, -0.2) is 81.7 Å². The van der Waals surface area contributed by atoms with Gasteiger partial charge in [-0.2, -0.15) is 0 Å². The molecule has 0 radical (unpaired) electrons. The number of aromatic nitrogens is 2. The first kappa shape index (κ1) is 21.5. The number of nitro groups is 1. The Morgan fingerprint density at radius 1 is 1.16 bits per heavy atom. The Kier molecular flexibility index (Phi) is 5.73. The Hall–Kier alpha value is -2.36. The van der Waals surface area contributed by atoms with Gasteiger partial charge in [-0.3, -0.25) is 14.4 Å². The molecule has 172 valence electrons. The van der Waals surface area contributed by atoms with Gasteiger partial charge in [-0.05, 0) is 62.0 Å². The van der Waals surface area contributed by atoms with Gasteiger partial charge < -0.3 is 19.8 Å². The summed E-state index contributed by atoms with van der Waals surface area (Å²) in [6.07, 6.45) is 3.79. The molecule has 1 aromatic carbocycles. The summed E-state index contributed by atoms with van der Waals surface area (Å²) in [6, 6.07) is 9.12. The number of likely N-dealkylation sites (tertiary alicyclic amines) is 1. The molecule has 9 nitrogen and oxygen atoms in total. The molecule has 5 rings (SSSR count). The molecule has 2 fully saturated rings. The average Bonchev–Trinajstić information content (AvgIpc) is 3.30. The molecule has 1 aromatic heterocycles.